The van der Waals surface area contributed by atoms with Gasteiger partial charge in [0.25, 0.3) is 0 Å². The number of carbonyl (C=O) groups is 4. The van der Waals surface area contributed by atoms with E-state index in [4.69, 9.17) is 23.7 Å². The number of hydrogen-bond donors (Lipinski definition) is 1. The number of hydrogen-bond acceptors (Lipinski definition) is 10. The highest BCUT2D eigenvalue weighted by molar-refractivity contribution is 5.88. The van der Waals surface area contributed by atoms with Gasteiger partial charge in [0, 0.05) is 59.3 Å². The molecule has 0 spiro atoms. The Morgan fingerprint density at radius 2 is 1.64 bits per heavy atom. The van der Waals surface area contributed by atoms with Gasteiger partial charge in [0.15, 0.2) is 0 Å². The van der Waals surface area contributed by atoms with Crippen LogP contribution in [0.2, 0.25) is 0 Å². The number of esters is 4. The van der Waals surface area contributed by atoms with Crippen LogP contribution in [-0.2, 0) is 42.9 Å². The maximum absolute atomic E-state index is 13.6. The van der Waals surface area contributed by atoms with Gasteiger partial charge in [0.2, 0.25) is 0 Å². The SMILES string of the molecule is C/C=C(\C)C(=O)O[C@@H]1[C@@H]2OC[C@]3(C)[C@H](O)C[C@H](OC(C)=O)[C@@](C)([C@@H]23)[C@H]2C[C@H](OC(C)=O)[C@]3(C)C(=CC[C@H]3[C@@H]3COC(=O)C3)[C@]12C. The number of carbonyl (C=O) groups excluding carboxylic acids is 4. The van der Waals surface area contributed by atoms with E-state index in [2.05, 4.69) is 26.8 Å². The van der Waals surface area contributed by atoms with E-state index in [0.29, 0.717) is 31.4 Å². The molecule has 3 saturated carbocycles. The zero-order valence-corrected chi connectivity index (χ0v) is 27.7. The Hall–Kier alpha value is -2.72. The number of cyclic esters (lactones) is 1. The monoisotopic (exact) mass is 628 g/mol. The van der Waals surface area contributed by atoms with E-state index in [1.807, 2.05) is 6.92 Å². The maximum Gasteiger partial charge on any atom is 0.333 e. The fraction of sp³-hybridized carbons (Fsp3) is 0.771. The number of allylic oxidation sites excluding steroid dienone is 2. The molecular formula is C35H48O10. The van der Waals surface area contributed by atoms with Crippen molar-refractivity contribution < 1.29 is 48.0 Å². The van der Waals surface area contributed by atoms with Gasteiger partial charge in [-0.2, -0.15) is 0 Å². The van der Waals surface area contributed by atoms with E-state index in [9.17, 15) is 24.3 Å². The molecule has 5 fully saturated rings. The minimum absolute atomic E-state index is 0.0487. The summed E-state index contributed by atoms with van der Waals surface area (Å²) in [5.41, 5.74) is -1.45. The first-order valence-corrected chi connectivity index (χ1v) is 16.4. The molecule has 0 aromatic heterocycles. The molecule has 0 unspecified atom stereocenters. The van der Waals surface area contributed by atoms with Gasteiger partial charge in [-0.15, -0.1) is 0 Å². The lowest BCUT2D eigenvalue weighted by Crippen LogP contribution is -2.74. The minimum atomic E-state index is -0.824. The van der Waals surface area contributed by atoms with Crippen LogP contribution in [0.1, 0.15) is 81.1 Å². The van der Waals surface area contributed by atoms with Crippen LogP contribution >= 0.6 is 0 Å². The second-order valence-electron chi connectivity index (χ2n) is 15.3. The van der Waals surface area contributed by atoms with E-state index in [-0.39, 0.29) is 42.7 Å². The summed E-state index contributed by atoms with van der Waals surface area (Å²) in [5, 5.41) is 11.6. The molecule has 2 aliphatic heterocycles. The number of ether oxygens (including phenoxy) is 5. The molecule has 1 N–H and O–H groups in total. The summed E-state index contributed by atoms with van der Waals surface area (Å²) in [6.07, 6.45) is 2.20. The number of aliphatic hydroxyl groups is 1. The van der Waals surface area contributed by atoms with Gasteiger partial charge in [-0.3, -0.25) is 14.4 Å². The van der Waals surface area contributed by atoms with Gasteiger partial charge in [-0.1, -0.05) is 45.4 Å². The van der Waals surface area contributed by atoms with Crippen LogP contribution in [0, 0.1) is 45.3 Å². The maximum atomic E-state index is 13.6. The van der Waals surface area contributed by atoms with Gasteiger partial charge < -0.3 is 28.8 Å². The van der Waals surface area contributed by atoms with Crippen molar-refractivity contribution in [2.45, 2.75) is 112 Å². The van der Waals surface area contributed by atoms with Gasteiger partial charge in [-0.05, 0) is 38.5 Å². The van der Waals surface area contributed by atoms with Crippen molar-refractivity contribution in [2.75, 3.05) is 13.2 Å². The molecule has 4 aliphatic carbocycles. The third-order valence-corrected chi connectivity index (χ3v) is 13.2. The smallest absolute Gasteiger partial charge is 0.333 e. The Morgan fingerprint density at radius 3 is 2.24 bits per heavy atom. The van der Waals surface area contributed by atoms with E-state index in [1.54, 1.807) is 19.9 Å². The van der Waals surface area contributed by atoms with E-state index < -0.39 is 70.1 Å². The van der Waals surface area contributed by atoms with Crippen LogP contribution in [-0.4, -0.2) is 72.7 Å². The van der Waals surface area contributed by atoms with E-state index >= 15 is 0 Å². The normalized spacial score (nSPS) is 48.4. The molecule has 13 atom stereocenters. The first-order valence-electron chi connectivity index (χ1n) is 16.4. The predicted octanol–water partition coefficient (Wildman–Crippen LogP) is 4.08. The molecule has 248 valence electrons. The van der Waals surface area contributed by atoms with Gasteiger partial charge >= 0.3 is 23.9 Å². The third kappa shape index (κ3) is 4.33. The first kappa shape index (κ1) is 32.2. The van der Waals surface area contributed by atoms with Crippen molar-refractivity contribution in [2.24, 2.45) is 45.3 Å². The molecule has 10 nitrogen and oxygen atoms in total. The molecule has 0 aromatic carbocycles. The Morgan fingerprint density at radius 1 is 0.978 bits per heavy atom. The lowest BCUT2D eigenvalue weighted by atomic mass is 9.35. The summed E-state index contributed by atoms with van der Waals surface area (Å²) in [6.45, 7) is 15.3. The molecule has 0 amide bonds. The Bertz CT molecular complexity index is 1370. The van der Waals surface area contributed by atoms with Gasteiger partial charge in [0.05, 0.1) is 31.8 Å². The molecular weight excluding hydrogens is 580 g/mol. The fourth-order valence-corrected chi connectivity index (χ4v) is 11.2. The summed E-state index contributed by atoms with van der Waals surface area (Å²) >= 11 is 0. The van der Waals surface area contributed by atoms with Crippen LogP contribution in [0.3, 0.4) is 0 Å². The molecule has 2 saturated heterocycles. The van der Waals surface area contributed by atoms with Crippen molar-refractivity contribution >= 4 is 23.9 Å². The molecule has 0 radical (unpaired) electrons. The second kappa shape index (κ2) is 10.7. The predicted molar refractivity (Wildman–Crippen MR) is 160 cm³/mol. The van der Waals surface area contributed by atoms with Gasteiger partial charge in [-0.25, -0.2) is 4.79 Å². The zero-order valence-electron chi connectivity index (χ0n) is 27.7. The number of fused-ring (bicyclic) bond motifs is 4. The molecule has 6 rings (SSSR count). The van der Waals surface area contributed by atoms with Crippen molar-refractivity contribution in [1.82, 2.24) is 0 Å². The molecule has 2 heterocycles. The summed E-state index contributed by atoms with van der Waals surface area (Å²) in [4.78, 5) is 51.2. The standard InChI is InChI=1S/C35H48O10/c1-9-17(2)31(40)45-30-28-29-32(5,16-42-28)24(38)14-26(44-19(4)37)35(29,8)23-13-25(43-18(3)36)33(6)21(20-12-27(39)41-15-20)10-11-22(33)34(23,30)7/h9,11,20-21,23-26,28-30,38H,10,12-16H2,1-8H3/b17-9+/t20-,21-,23-,24+,25-,26-,28+,29-,30+,32+,33-,34-,35-/m0/s1. The fourth-order valence-electron chi connectivity index (χ4n) is 11.2. The Labute approximate surface area is 265 Å². The highest BCUT2D eigenvalue weighted by Crippen LogP contribution is 2.76. The van der Waals surface area contributed by atoms with Crippen LogP contribution in [0.5, 0.6) is 0 Å². The second-order valence-corrected chi connectivity index (χ2v) is 15.3. The van der Waals surface area contributed by atoms with Crippen LogP contribution in [0.25, 0.3) is 0 Å². The van der Waals surface area contributed by atoms with Crippen molar-refractivity contribution in [1.29, 1.82) is 0 Å². The lowest BCUT2D eigenvalue weighted by molar-refractivity contribution is -0.274. The van der Waals surface area contributed by atoms with E-state index in [0.717, 1.165) is 5.57 Å². The third-order valence-electron chi connectivity index (χ3n) is 13.2. The molecule has 45 heavy (non-hydrogen) atoms. The average molecular weight is 629 g/mol. The number of aliphatic hydroxyl groups excluding tert-OH is 1. The molecule has 0 bridgehead atoms. The summed E-state index contributed by atoms with van der Waals surface area (Å²) in [5.74, 6) is -2.24. The molecule has 6 aliphatic rings. The molecule has 10 heteroatoms. The van der Waals surface area contributed by atoms with E-state index in [1.165, 1.54) is 13.8 Å². The Kier molecular flexibility index (Phi) is 7.63. The minimum Gasteiger partial charge on any atom is -0.465 e. The first-order chi connectivity index (χ1) is 21.0. The van der Waals surface area contributed by atoms with Crippen LogP contribution < -0.4 is 0 Å². The highest BCUT2D eigenvalue weighted by Gasteiger charge is 2.79. The van der Waals surface area contributed by atoms with Crippen molar-refractivity contribution in [3.05, 3.63) is 23.3 Å². The summed E-state index contributed by atoms with van der Waals surface area (Å²) in [7, 11) is 0. The quantitative estimate of drug-likeness (QED) is 0.205. The van der Waals surface area contributed by atoms with Crippen LogP contribution in [0.15, 0.2) is 23.3 Å². The number of rotatable bonds is 5. The summed E-state index contributed by atoms with van der Waals surface area (Å²) in [6, 6.07) is 0. The molecule has 0 aromatic rings. The Balaban J connectivity index is 1.57. The van der Waals surface area contributed by atoms with Crippen molar-refractivity contribution in [3.63, 3.8) is 0 Å². The summed E-state index contributed by atoms with van der Waals surface area (Å²) < 4.78 is 30.9. The zero-order chi connectivity index (χ0) is 32.9. The topological polar surface area (TPSA) is 135 Å². The largest absolute Gasteiger partial charge is 0.465 e. The lowest BCUT2D eigenvalue weighted by Gasteiger charge is -2.70. The van der Waals surface area contributed by atoms with Gasteiger partial charge in [0.1, 0.15) is 18.3 Å². The average Bonchev–Trinajstić information content (AvgIpc) is 3.66. The van der Waals surface area contributed by atoms with Crippen molar-refractivity contribution in [3.8, 4) is 0 Å². The highest BCUT2D eigenvalue weighted by atomic mass is 16.6. The van der Waals surface area contributed by atoms with Crippen LogP contribution in [0.4, 0.5) is 0 Å².